The van der Waals surface area contributed by atoms with Crippen molar-refractivity contribution >= 4 is 40.0 Å². The van der Waals surface area contributed by atoms with Crippen molar-refractivity contribution < 1.29 is 13.9 Å². The summed E-state index contributed by atoms with van der Waals surface area (Å²) in [5, 5.41) is 5.91. The van der Waals surface area contributed by atoms with Gasteiger partial charge in [-0.2, -0.15) is 0 Å². The predicted octanol–water partition coefficient (Wildman–Crippen LogP) is 7.33. The van der Waals surface area contributed by atoms with E-state index in [1.54, 1.807) is 0 Å². The van der Waals surface area contributed by atoms with Gasteiger partial charge in [-0.3, -0.25) is 10.1 Å². The molecule has 1 aromatic heterocycles. The number of oxazole rings is 1. The number of anilines is 1. The van der Waals surface area contributed by atoms with Crippen molar-refractivity contribution in [2.75, 3.05) is 11.9 Å². The molecule has 4 aromatic rings. The van der Waals surface area contributed by atoms with E-state index in [1.807, 2.05) is 55.5 Å². The van der Waals surface area contributed by atoms with E-state index in [4.69, 9.17) is 21.4 Å². The first-order valence-electron chi connectivity index (χ1n) is 12.6. The first kappa shape index (κ1) is 26.4. The Hall–Kier alpha value is -3.71. The molecule has 0 fully saturated rings. The minimum atomic E-state index is -0.325. The second kappa shape index (κ2) is 11.6. The second-order valence-electron chi connectivity index (χ2n) is 9.62. The lowest BCUT2D eigenvalue weighted by atomic mass is 9.98. The summed E-state index contributed by atoms with van der Waals surface area (Å²) in [7, 11) is 0. The molecule has 0 aliphatic rings. The summed E-state index contributed by atoms with van der Waals surface area (Å²) in [5.74, 6) is 1.73. The molecule has 0 bridgehead atoms. The lowest BCUT2D eigenvalue weighted by Crippen LogP contribution is -2.37. The normalized spacial score (nSPS) is 11.9. The molecule has 2 N–H and O–H groups in total. The van der Waals surface area contributed by atoms with Crippen molar-refractivity contribution in [2.24, 2.45) is 0 Å². The van der Waals surface area contributed by atoms with E-state index >= 15 is 0 Å². The Labute approximate surface area is 223 Å². The highest BCUT2D eigenvalue weighted by Crippen LogP contribution is 2.29. The molecule has 192 valence electrons. The van der Waals surface area contributed by atoms with Gasteiger partial charge in [0.2, 0.25) is 5.89 Å². The third-order valence-electron chi connectivity index (χ3n) is 6.39. The highest BCUT2D eigenvalue weighted by atomic mass is 32.1. The first-order valence-corrected chi connectivity index (χ1v) is 13.0. The minimum Gasteiger partial charge on any atom is -0.483 e. The molecular formula is C30H33N3O3S. The van der Waals surface area contributed by atoms with Crippen molar-refractivity contribution in [1.82, 2.24) is 10.3 Å². The standard InChI is InChI=1S/C30H33N3O3S/c1-6-20(5)22-10-14-26-25(16-22)32-29(36-26)21-8-11-23(12-9-21)31-30(37)33-28(34)17-35-27-15-19(4)7-13-24(27)18(2)3/h7-16,18,20H,6,17H2,1-5H3,(H2,31,33,34,37)/t20-/m0/s1. The van der Waals surface area contributed by atoms with Crippen LogP contribution < -0.4 is 15.4 Å². The second-order valence-corrected chi connectivity index (χ2v) is 10.0. The number of benzene rings is 3. The summed E-state index contributed by atoms with van der Waals surface area (Å²) in [6.07, 6.45) is 1.08. The number of amides is 1. The maximum Gasteiger partial charge on any atom is 0.264 e. The molecule has 4 rings (SSSR count). The lowest BCUT2D eigenvalue weighted by molar-refractivity contribution is -0.121. The fourth-order valence-electron chi connectivity index (χ4n) is 4.02. The Kier molecular flexibility index (Phi) is 8.24. The van der Waals surface area contributed by atoms with Crippen LogP contribution in [-0.2, 0) is 4.79 Å². The average molecular weight is 516 g/mol. The molecule has 0 saturated carbocycles. The van der Waals surface area contributed by atoms with E-state index in [0.717, 1.165) is 45.6 Å². The summed E-state index contributed by atoms with van der Waals surface area (Å²) in [6.45, 7) is 10.4. The number of carbonyl (C=O) groups is 1. The van der Waals surface area contributed by atoms with Crippen LogP contribution in [0.5, 0.6) is 5.75 Å². The highest BCUT2D eigenvalue weighted by molar-refractivity contribution is 7.80. The number of fused-ring (bicyclic) bond motifs is 1. The first-order chi connectivity index (χ1) is 17.7. The van der Waals surface area contributed by atoms with E-state index in [0.29, 0.717) is 17.7 Å². The van der Waals surface area contributed by atoms with Crippen LogP contribution >= 0.6 is 12.2 Å². The number of ether oxygens (including phenoxy) is 1. The molecule has 6 nitrogen and oxygen atoms in total. The van der Waals surface area contributed by atoms with Crippen molar-refractivity contribution in [1.29, 1.82) is 0 Å². The molecule has 7 heteroatoms. The Morgan fingerprint density at radius 1 is 1.05 bits per heavy atom. The molecule has 0 aliphatic carbocycles. The zero-order chi connectivity index (χ0) is 26.5. The number of aryl methyl sites for hydroxylation is 1. The maximum absolute atomic E-state index is 12.4. The Morgan fingerprint density at radius 3 is 2.51 bits per heavy atom. The molecule has 1 amide bonds. The highest BCUT2D eigenvalue weighted by Gasteiger charge is 2.13. The van der Waals surface area contributed by atoms with Gasteiger partial charge in [-0.05, 0) is 96.6 Å². The molecule has 3 aromatic carbocycles. The largest absolute Gasteiger partial charge is 0.483 e. The van der Waals surface area contributed by atoms with Crippen LogP contribution in [0.4, 0.5) is 5.69 Å². The Balaban J connectivity index is 1.34. The summed E-state index contributed by atoms with van der Waals surface area (Å²) >= 11 is 5.31. The maximum atomic E-state index is 12.4. The summed E-state index contributed by atoms with van der Waals surface area (Å²) in [5.41, 5.74) is 6.62. The monoisotopic (exact) mass is 515 g/mol. The van der Waals surface area contributed by atoms with E-state index in [1.165, 1.54) is 5.56 Å². The number of hydrogen-bond acceptors (Lipinski definition) is 5. The third-order valence-corrected chi connectivity index (χ3v) is 6.59. The van der Waals surface area contributed by atoms with E-state index in [-0.39, 0.29) is 17.6 Å². The van der Waals surface area contributed by atoms with Gasteiger partial charge in [0.15, 0.2) is 17.3 Å². The number of aromatic nitrogens is 1. The van der Waals surface area contributed by atoms with Gasteiger partial charge in [0, 0.05) is 11.3 Å². The van der Waals surface area contributed by atoms with Gasteiger partial charge in [-0.15, -0.1) is 0 Å². The number of nitrogens with zero attached hydrogens (tertiary/aromatic N) is 1. The summed E-state index contributed by atoms with van der Waals surface area (Å²) in [4.78, 5) is 17.1. The predicted molar refractivity (Wildman–Crippen MR) is 153 cm³/mol. The van der Waals surface area contributed by atoms with Crippen LogP contribution in [0, 0.1) is 6.92 Å². The summed E-state index contributed by atoms with van der Waals surface area (Å²) in [6, 6.07) is 19.7. The van der Waals surface area contributed by atoms with Crippen LogP contribution in [-0.4, -0.2) is 22.6 Å². The van der Waals surface area contributed by atoms with Gasteiger partial charge in [0.05, 0.1) is 0 Å². The number of nitrogens with one attached hydrogen (secondary N) is 2. The molecule has 37 heavy (non-hydrogen) atoms. The fourth-order valence-corrected chi connectivity index (χ4v) is 4.25. The van der Waals surface area contributed by atoms with E-state index in [9.17, 15) is 4.79 Å². The fraction of sp³-hybridized carbons (Fsp3) is 0.300. The van der Waals surface area contributed by atoms with Gasteiger partial charge < -0.3 is 14.5 Å². The van der Waals surface area contributed by atoms with E-state index in [2.05, 4.69) is 55.4 Å². The lowest BCUT2D eigenvalue weighted by Gasteiger charge is -2.15. The van der Waals surface area contributed by atoms with Gasteiger partial charge in [-0.25, -0.2) is 4.98 Å². The molecule has 0 saturated heterocycles. The molecular weight excluding hydrogens is 482 g/mol. The van der Waals surface area contributed by atoms with Gasteiger partial charge in [0.1, 0.15) is 11.3 Å². The van der Waals surface area contributed by atoms with Gasteiger partial charge in [-0.1, -0.05) is 45.9 Å². The number of hydrogen-bond donors (Lipinski definition) is 2. The number of rotatable bonds is 8. The topological polar surface area (TPSA) is 76.4 Å². The van der Waals surface area contributed by atoms with Crippen LogP contribution in [0.15, 0.2) is 65.1 Å². The van der Waals surface area contributed by atoms with Crippen LogP contribution in [0.25, 0.3) is 22.6 Å². The molecule has 1 heterocycles. The zero-order valence-electron chi connectivity index (χ0n) is 21.9. The van der Waals surface area contributed by atoms with Crippen LogP contribution in [0.1, 0.15) is 62.6 Å². The quantitative estimate of drug-likeness (QED) is 0.239. The SMILES string of the molecule is CC[C@H](C)c1ccc2oc(-c3ccc(NC(=S)NC(=O)COc4cc(C)ccc4C(C)C)cc3)nc2c1. The smallest absolute Gasteiger partial charge is 0.264 e. The number of carbonyl (C=O) groups excluding carboxylic acids is 1. The van der Waals surface area contributed by atoms with Crippen LogP contribution in [0.3, 0.4) is 0 Å². The third kappa shape index (κ3) is 6.54. The van der Waals surface area contributed by atoms with Crippen molar-refractivity contribution in [3.05, 3.63) is 77.4 Å². The molecule has 0 spiro atoms. The van der Waals surface area contributed by atoms with Gasteiger partial charge in [0.25, 0.3) is 5.91 Å². The molecule has 0 unspecified atom stereocenters. The van der Waals surface area contributed by atoms with Crippen molar-refractivity contribution in [2.45, 2.75) is 52.9 Å². The van der Waals surface area contributed by atoms with E-state index < -0.39 is 0 Å². The zero-order valence-corrected chi connectivity index (χ0v) is 22.7. The number of thiocarbonyl (C=S) groups is 1. The van der Waals surface area contributed by atoms with Crippen molar-refractivity contribution in [3.8, 4) is 17.2 Å². The van der Waals surface area contributed by atoms with Crippen LogP contribution in [0.2, 0.25) is 0 Å². The minimum absolute atomic E-state index is 0.125. The van der Waals surface area contributed by atoms with Crippen molar-refractivity contribution in [3.63, 3.8) is 0 Å². The summed E-state index contributed by atoms with van der Waals surface area (Å²) < 4.78 is 11.8. The van der Waals surface area contributed by atoms with Gasteiger partial charge >= 0.3 is 0 Å². The Bertz CT molecular complexity index is 1410. The average Bonchev–Trinajstić information content (AvgIpc) is 3.30. The Morgan fingerprint density at radius 2 is 1.81 bits per heavy atom. The molecule has 0 radical (unpaired) electrons. The molecule has 1 atom stereocenters. The molecule has 0 aliphatic heterocycles.